The van der Waals surface area contributed by atoms with Gasteiger partial charge in [0, 0.05) is 6.04 Å². The molecule has 3 atom stereocenters. The molecule has 0 aromatic heterocycles. The summed E-state index contributed by atoms with van der Waals surface area (Å²) in [6.07, 6.45) is 1.13. The van der Waals surface area contributed by atoms with Gasteiger partial charge in [0.25, 0.3) is 0 Å². The topological polar surface area (TPSA) is 47.3 Å². The van der Waals surface area contributed by atoms with E-state index >= 15 is 0 Å². The molecule has 1 saturated heterocycles. The highest BCUT2D eigenvalue weighted by molar-refractivity contribution is 5.04. The highest BCUT2D eigenvalue weighted by Gasteiger charge is 2.56. The van der Waals surface area contributed by atoms with Gasteiger partial charge in [-0.25, -0.2) is 0 Å². The van der Waals surface area contributed by atoms with Crippen LogP contribution < -0.4 is 11.3 Å². The van der Waals surface area contributed by atoms with Crippen LogP contribution in [-0.4, -0.2) is 19.3 Å². The van der Waals surface area contributed by atoms with Crippen LogP contribution in [0, 0.1) is 17.8 Å². The lowest BCUT2D eigenvalue weighted by Crippen LogP contribution is -2.37. The quantitative estimate of drug-likeness (QED) is 0.451. The van der Waals surface area contributed by atoms with E-state index in [0.29, 0.717) is 6.04 Å². The molecule has 11 heavy (non-hydrogen) atoms. The first-order valence-electron chi connectivity index (χ1n) is 4.42. The van der Waals surface area contributed by atoms with Crippen LogP contribution in [0.25, 0.3) is 0 Å². The van der Waals surface area contributed by atoms with Crippen molar-refractivity contribution in [2.45, 2.75) is 19.4 Å². The Balaban J connectivity index is 1.88. The van der Waals surface area contributed by atoms with Crippen LogP contribution in [0.5, 0.6) is 0 Å². The van der Waals surface area contributed by atoms with Gasteiger partial charge in [-0.3, -0.25) is 11.3 Å². The molecule has 1 saturated carbocycles. The Kier molecular flexibility index (Phi) is 1.87. The Morgan fingerprint density at radius 1 is 1.55 bits per heavy atom. The summed E-state index contributed by atoms with van der Waals surface area (Å²) in [5, 5.41) is 0. The van der Waals surface area contributed by atoms with Crippen molar-refractivity contribution in [2.75, 3.05) is 13.2 Å². The van der Waals surface area contributed by atoms with Gasteiger partial charge in [-0.1, -0.05) is 6.92 Å². The molecule has 0 aromatic rings. The molecule has 1 aliphatic carbocycles. The minimum absolute atomic E-state index is 0.522. The summed E-state index contributed by atoms with van der Waals surface area (Å²) in [7, 11) is 0. The molecule has 2 rings (SSSR count). The number of hydrogen-bond donors (Lipinski definition) is 2. The van der Waals surface area contributed by atoms with Gasteiger partial charge in [0.1, 0.15) is 0 Å². The zero-order valence-electron chi connectivity index (χ0n) is 6.92. The number of hydrogen-bond acceptors (Lipinski definition) is 3. The maximum absolute atomic E-state index is 5.44. The average Bonchev–Trinajstić information content (AvgIpc) is 2.54. The Morgan fingerprint density at radius 2 is 2.18 bits per heavy atom. The molecule has 2 fully saturated rings. The monoisotopic (exact) mass is 156 g/mol. The van der Waals surface area contributed by atoms with Crippen molar-refractivity contribution in [1.82, 2.24) is 5.43 Å². The fraction of sp³-hybridized carbons (Fsp3) is 1.00. The van der Waals surface area contributed by atoms with Crippen LogP contribution in [0.4, 0.5) is 0 Å². The summed E-state index contributed by atoms with van der Waals surface area (Å²) >= 11 is 0. The van der Waals surface area contributed by atoms with Gasteiger partial charge in [-0.15, -0.1) is 0 Å². The third-order valence-electron chi connectivity index (χ3n) is 3.14. The highest BCUT2D eigenvalue weighted by Crippen LogP contribution is 2.52. The van der Waals surface area contributed by atoms with Gasteiger partial charge in [-0.05, 0) is 24.2 Å². The molecule has 3 heteroatoms. The summed E-state index contributed by atoms with van der Waals surface area (Å²) in [5.74, 6) is 7.87. The molecule has 1 heterocycles. The minimum Gasteiger partial charge on any atom is -0.381 e. The molecule has 0 amide bonds. The third kappa shape index (κ3) is 1.08. The molecule has 3 N–H and O–H groups in total. The molecule has 64 valence electrons. The predicted octanol–water partition coefficient (Wildman–Crippen LogP) is 0.121. The van der Waals surface area contributed by atoms with Crippen molar-refractivity contribution in [2.24, 2.45) is 23.6 Å². The van der Waals surface area contributed by atoms with Crippen LogP contribution in [0.3, 0.4) is 0 Å². The van der Waals surface area contributed by atoms with Gasteiger partial charge >= 0.3 is 0 Å². The largest absolute Gasteiger partial charge is 0.381 e. The molecule has 1 aliphatic heterocycles. The van der Waals surface area contributed by atoms with Crippen molar-refractivity contribution in [3.05, 3.63) is 0 Å². The molecular weight excluding hydrogens is 140 g/mol. The van der Waals surface area contributed by atoms with E-state index in [1.54, 1.807) is 0 Å². The Hall–Kier alpha value is -0.120. The van der Waals surface area contributed by atoms with Gasteiger partial charge < -0.3 is 4.74 Å². The number of nitrogens with one attached hydrogen (secondary N) is 1. The van der Waals surface area contributed by atoms with E-state index in [1.165, 1.54) is 0 Å². The maximum atomic E-state index is 5.44. The normalized spacial score (nSPS) is 43.6. The van der Waals surface area contributed by atoms with Gasteiger partial charge in [0.05, 0.1) is 13.2 Å². The van der Waals surface area contributed by atoms with Crippen LogP contribution in [-0.2, 0) is 4.74 Å². The second kappa shape index (κ2) is 2.73. The fourth-order valence-electron chi connectivity index (χ4n) is 2.38. The number of ether oxygens (including phenoxy) is 1. The minimum atomic E-state index is 0.522. The van der Waals surface area contributed by atoms with E-state index in [0.717, 1.165) is 37.4 Å². The van der Waals surface area contributed by atoms with E-state index in [2.05, 4.69) is 12.3 Å². The van der Waals surface area contributed by atoms with E-state index in [4.69, 9.17) is 10.6 Å². The molecule has 0 radical (unpaired) electrons. The van der Waals surface area contributed by atoms with Crippen LogP contribution in [0.2, 0.25) is 0 Å². The van der Waals surface area contributed by atoms with E-state index in [-0.39, 0.29) is 0 Å². The smallest absolute Gasteiger partial charge is 0.0501 e. The number of hydrazine groups is 1. The summed E-state index contributed by atoms with van der Waals surface area (Å²) < 4.78 is 5.31. The molecular formula is C8H16N2O. The first-order valence-corrected chi connectivity index (χ1v) is 4.42. The predicted molar refractivity (Wildman–Crippen MR) is 42.7 cm³/mol. The Bertz CT molecular complexity index is 137. The zero-order chi connectivity index (χ0) is 7.84. The second-order valence-corrected chi connectivity index (χ2v) is 3.62. The summed E-state index contributed by atoms with van der Waals surface area (Å²) in [5.41, 5.74) is 2.89. The number of nitrogens with two attached hydrogens (primary N) is 1. The summed E-state index contributed by atoms with van der Waals surface area (Å²) in [4.78, 5) is 0. The van der Waals surface area contributed by atoms with Crippen molar-refractivity contribution < 1.29 is 4.74 Å². The highest BCUT2D eigenvalue weighted by atomic mass is 16.5. The number of fused-ring (bicyclic) bond motifs is 1. The van der Waals surface area contributed by atoms with Gasteiger partial charge in [-0.2, -0.15) is 0 Å². The first kappa shape index (κ1) is 7.53. The van der Waals surface area contributed by atoms with Crippen molar-refractivity contribution >= 4 is 0 Å². The van der Waals surface area contributed by atoms with Crippen LogP contribution >= 0.6 is 0 Å². The molecule has 3 unspecified atom stereocenters. The molecule has 0 aromatic carbocycles. The maximum Gasteiger partial charge on any atom is 0.0501 e. The first-order chi connectivity index (χ1) is 5.38. The molecule has 2 aliphatic rings. The van der Waals surface area contributed by atoms with Crippen molar-refractivity contribution in [3.8, 4) is 0 Å². The summed E-state index contributed by atoms with van der Waals surface area (Å²) in [6, 6.07) is 0.522. The van der Waals surface area contributed by atoms with E-state index < -0.39 is 0 Å². The molecule has 0 spiro atoms. The molecule has 3 nitrogen and oxygen atoms in total. The van der Waals surface area contributed by atoms with Gasteiger partial charge in [0.2, 0.25) is 0 Å². The average molecular weight is 156 g/mol. The Labute approximate surface area is 67.3 Å². The van der Waals surface area contributed by atoms with Crippen molar-refractivity contribution in [1.29, 1.82) is 0 Å². The van der Waals surface area contributed by atoms with E-state index in [9.17, 15) is 0 Å². The van der Waals surface area contributed by atoms with Crippen LogP contribution in [0.15, 0.2) is 0 Å². The SMILES string of the molecule is CCC(NN)C1C2COCC21. The van der Waals surface area contributed by atoms with Gasteiger partial charge in [0.15, 0.2) is 0 Å². The lowest BCUT2D eigenvalue weighted by molar-refractivity contribution is 0.142. The third-order valence-corrected chi connectivity index (χ3v) is 3.14. The van der Waals surface area contributed by atoms with E-state index in [1.807, 2.05) is 0 Å². The molecule has 0 bridgehead atoms. The second-order valence-electron chi connectivity index (χ2n) is 3.62. The van der Waals surface area contributed by atoms with Crippen LogP contribution in [0.1, 0.15) is 13.3 Å². The number of rotatable bonds is 3. The van der Waals surface area contributed by atoms with Crippen molar-refractivity contribution in [3.63, 3.8) is 0 Å². The lowest BCUT2D eigenvalue weighted by atomic mass is 10.1. The fourth-order valence-corrected chi connectivity index (χ4v) is 2.38. The lowest BCUT2D eigenvalue weighted by Gasteiger charge is -2.15. The standard InChI is InChI=1S/C8H16N2O/c1-2-7(10-9)8-5-3-11-4-6(5)8/h5-8,10H,2-4,9H2,1H3. The zero-order valence-corrected chi connectivity index (χ0v) is 6.92. The summed E-state index contributed by atoms with van der Waals surface area (Å²) in [6.45, 7) is 4.11. The Morgan fingerprint density at radius 3 is 2.64 bits per heavy atom.